The average Bonchev–Trinajstić information content (AvgIpc) is 3.16. The first-order valence-corrected chi connectivity index (χ1v) is 9.67. The minimum absolute atomic E-state index is 0.0674. The minimum Gasteiger partial charge on any atom is -0.359 e. The van der Waals surface area contributed by atoms with Crippen molar-refractivity contribution in [1.29, 1.82) is 0 Å². The van der Waals surface area contributed by atoms with Gasteiger partial charge in [0.05, 0.1) is 18.7 Å². The third-order valence-electron chi connectivity index (χ3n) is 5.06. The van der Waals surface area contributed by atoms with E-state index in [4.69, 9.17) is 16.1 Å². The number of fused-ring (bicyclic) bond motifs is 1. The molecule has 0 spiro atoms. The summed E-state index contributed by atoms with van der Waals surface area (Å²) in [6, 6.07) is 13.7. The molecule has 0 saturated carbocycles. The molecular formula is C21H22ClN3O2. The standard InChI is InChI=1S/C21H22ClN3O2/c22-17-9-15-3-1-2-4-19(15)16(10-17)11-21(26)24-13-18-12-20(25-27-18)14-5-7-23-8-6-14/h1-4,9-10,12,14,23H,5-8,11,13H2,(H,24,26). The molecule has 2 N–H and O–H groups in total. The second-order valence-corrected chi connectivity index (χ2v) is 7.42. The fraction of sp³-hybridized carbons (Fsp3) is 0.333. The summed E-state index contributed by atoms with van der Waals surface area (Å²) >= 11 is 6.20. The van der Waals surface area contributed by atoms with E-state index in [-0.39, 0.29) is 12.3 Å². The summed E-state index contributed by atoms with van der Waals surface area (Å²) in [4.78, 5) is 12.4. The van der Waals surface area contributed by atoms with Gasteiger partial charge in [0.2, 0.25) is 5.91 Å². The maximum Gasteiger partial charge on any atom is 0.224 e. The zero-order valence-electron chi connectivity index (χ0n) is 15.0. The normalized spacial score (nSPS) is 15.1. The maximum absolute atomic E-state index is 12.4. The molecular weight excluding hydrogens is 362 g/mol. The van der Waals surface area contributed by atoms with Gasteiger partial charge in [-0.2, -0.15) is 0 Å². The van der Waals surface area contributed by atoms with Crippen LogP contribution in [0.25, 0.3) is 10.8 Å². The average molecular weight is 384 g/mol. The first-order valence-electron chi connectivity index (χ1n) is 9.29. The Kier molecular flexibility index (Phi) is 5.41. The van der Waals surface area contributed by atoms with Crippen LogP contribution in [0, 0.1) is 0 Å². The van der Waals surface area contributed by atoms with Crippen LogP contribution in [0.3, 0.4) is 0 Å². The van der Waals surface area contributed by atoms with Crippen molar-refractivity contribution in [2.24, 2.45) is 0 Å². The second kappa shape index (κ2) is 8.11. The molecule has 2 aromatic carbocycles. The van der Waals surface area contributed by atoms with Crippen LogP contribution in [0.4, 0.5) is 0 Å². The molecule has 1 fully saturated rings. The van der Waals surface area contributed by atoms with E-state index in [0.29, 0.717) is 23.2 Å². The van der Waals surface area contributed by atoms with Crippen molar-refractivity contribution >= 4 is 28.3 Å². The predicted molar refractivity (Wildman–Crippen MR) is 106 cm³/mol. The maximum atomic E-state index is 12.4. The molecule has 6 heteroatoms. The Labute approximate surface area is 163 Å². The van der Waals surface area contributed by atoms with Gasteiger partial charge in [0, 0.05) is 17.0 Å². The molecule has 0 aliphatic carbocycles. The quantitative estimate of drug-likeness (QED) is 0.703. The van der Waals surface area contributed by atoms with Gasteiger partial charge in [0.15, 0.2) is 5.76 Å². The summed E-state index contributed by atoms with van der Waals surface area (Å²) in [5.74, 6) is 1.06. The Balaban J connectivity index is 1.38. The van der Waals surface area contributed by atoms with Crippen molar-refractivity contribution in [3.63, 3.8) is 0 Å². The first-order chi connectivity index (χ1) is 13.2. The molecule has 4 rings (SSSR count). The highest BCUT2D eigenvalue weighted by atomic mass is 35.5. The third kappa shape index (κ3) is 4.31. The lowest BCUT2D eigenvalue weighted by Crippen LogP contribution is -2.26. The Morgan fingerprint density at radius 3 is 2.89 bits per heavy atom. The van der Waals surface area contributed by atoms with Crippen LogP contribution in [-0.2, 0) is 17.8 Å². The molecule has 27 heavy (non-hydrogen) atoms. The SMILES string of the molecule is O=C(Cc1cc(Cl)cc2ccccc12)NCc1cc(C2CCNCC2)no1. The van der Waals surface area contributed by atoms with Crippen molar-refractivity contribution in [2.45, 2.75) is 31.7 Å². The van der Waals surface area contributed by atoms with E-state index in [0.717, 1.165) is 48.0 Å². The van der Waals surface area contributed by atoms with E-state index in [1.165, 1.54) is 0 Å². The van der Waals surface area contributed by atoms with Crippen LogP contribution in [0.15, 0.2) is 47.0 Å². The molecule has 1 saturated heterocycles. The fourth-order valence-electron chi connectivity index (χ4n) is 3.64. The summed E-state index contributed by atoms with van der Waals surface area (Å²) in [6.45, 7) is 2.36. The zero-order chi connectivity index (χ0) is 18.6. The number of carbonyl (C=O) groups excluding carboxylic acids is 1. The highest BCUT2D eigenvalue weighted by molar-refractivity contribution is 6.31. The Bertz CT molecular complexity index is 948. The monoisotopic (exact) mass is 383 g/mol. The summed E-state index contributed by atoms with van der Waals surface area (Å²) < 4.78 is 5.40. The Morgan fingerprint density at radius 2 is 2.04 bits per heavy atom. The van der Waals surface area contributed by atoms with E-state index in [9.17, 15) is 4.79 Å². The minimum atomic E-state index is -0.0674. The smallest absolute Gasteiger partial charge is 0.224 e. The molecule has 1 amide bonds. The largest absolute Gasteiger partial charge is 0.359 e. The van der Waals surface area contributed by atoms with Gasteiger partial charge in [-0.3, -0.25) is 4.79 Å². The summed E-state index contributed by atoms with van der Waals surface area (Å²) in [5, 5.41) is 13.2. The number of benzene rings is 2. The van der Waals surface area contributed by atoms with Gasteiger partial charge in [-0.25, -0.2) is 0 Å². The summed E-state index contributed by atoms with van der Waals surface area (Å²) in [7, 11) is 0. The number of hydrogen-bond acceptors (Lipinski definition) is 4. The van der Waals surface area contributed by atoms with Crippen LogP contribution in [-0.4, -0.2) is 24.2 Å². The van der Waals surface area contributed by atoms with Crippen LogP contribution in [0.1, 0.15) is 35.8 Å². The first kappa shape index (κ1) is 18.0. The lowest BCUT2D eigenvalue weighted by atomic mass is 9.95. The zero-order valence-corrected chi connectivity index (χ0v) is 15.8. The van der Waals surface area contributed by atoms with Crippen LogP contribution < -0.4 is 10.6 Å². The number of nitrogens with one attached hydrogen (secondary N) is 2. The molecule has 1 aliphatic rings. The lowest BCUT2D eigenvalue weighted by Gasteiger charge is -2.19. The molecule has 0 bridgehead atoms. The number of amides is 1. The number of piperidine rings is 1. The Morgan fingerprint density at radius 1 is 1.22 bits per heavy atom. The summed E-state index contributed by atoms with van der Waals surface area (Å²) in [5.41, 5.74) is 1.91. The number of carbonyl (C=O) groups is 1. The van der Waals surface area contributed by atoms with Crippen molar-refractivity contribution in [3.8, 4) is 0 Å². The number of halogens is 1. The van der Waals surface area contributed by atoms with Gasteiger partial charge >= 0.3 is 0 Å². The van der Waals surface area contributed by atoms with Gasteiger partial charge < -0.3 is 15.2 Å². The number of aromatic nitrogens is 1. The second-order valence-electron chi connectivity index (χ2n) is 6.98. The highest BCUT2D eigenvalue weighted by Crippen LogP contribution is 2.25. The molecule has 0 unspecified atom stereocenters. The molecule has 0 radical (unpaired) electrons. The molecule has 140 valence electrons. The predicted octanol–water partition coefficient (Wildman–Crippen LogP) is 3.81. The fourth-order valence-corrected chi connectivity index (χ4v) is 3.89. The van der Waals surface area contributed by atoms with E-state index in [2.05, 4.69) is 15.8 Å². The van der Waals surface area contributed by atoms with Crippen molar-refractivity contribution in [3.05, 3.63) is 64.5 Å². The Hall–Kier alpha value is -2.37. The van der Waals surface area contributed by atoms with Gasteiger partial charge in [-0.15, -0.1) is 0 Å². The van der Waals surface area contributed by atoms with E-state index in [1.54, 1.807) is 0 Å². The topological polar surface area (TPSA) is 67.2 Å². The van der Waals surface area contributed by atoms with E-state index < -0.39 is 0 Å². The lowest BCUT2D eigenvalue weighted by molar-refractivity contribution is -0.120. The van der Waals surface area contributed by atoms with E-state index in [1.807, 2.05) is 42.5 Å². The number of hydrogen-bond donors (Lipinski definition) is 2. The highest BCUT2D eigenvalue weighted by Gasteiger charge is 2.19. The molecule has 5 nitrogen and oxygen atoms in total. The van der Waals surface area contributed by atoms with Crippen LogP contribution in [0.5, 0.6) is 0 Å². The van der Waals surface area contributed by atoms with Crippen LogP contribution in [0.2, 0.25) is 5.02 Å². The van der Waals surface area contributed by atoms with E-state index >= 15 is 0 Å². The molecule has 2 heterocycles. The van der Waals surface area contributed by atoms with Gasteiger partial charge in [-0.05, 0) is 54.4 Å². The molecule has 1 aliphatic heterocycles. The molecule has 3 aromatic rings. The summed E-state index contributed by atoms with van der Waals surface area (Å²) in [6.07, 6.45) is 2.41. The van der Waals surface area contributed by atoms with Crippen LogP contribution >= 0.6 is 11.6 Å². The molecule has 1 aromatic heterocycles. The number of rotatable bonds is 5. The van der Waals surface area contributed by atoms with Gasteiger partial charge in [0.25, 0.3) is 0 Å². The molecule has 0 atom stereocenters. The van der Waals surface area contributed by atoms with Gasteiger partial charge in [0.1, 0.15) is 0 Å². The van der Waals surface area contributed by atoms with Crippen molar-refractivity contribution in [2.75, 3.05) is 13.1 Å². The third-order valence-corrected chi connectivity index (χ3v) is 5.28. The van der Waals surface area contributed by atoms with Gasteiger partial charge in [-0.1, -0.05) is 41.0 Å². The van der Waals surface area contributed by atoms with Crippen molar-refractivity contribution in [1.82, 2.24) is 15.8 Å². The number of nitrogens with zero attached hydrogens (tertiary/aromatic N) is 1. The van der Waals surface area contributed by atoms with Crippen molar-refractivity contribution < 1.29 is 9.32 Å².